The number of aromatic carboxylic acids is 1. The van der Waals surface area contributed by atoms with E-state index in [1.807, 2.05) is 0 Å². The minimum atomic E-state index is -1.09. The van der Waals surface area contributed by atoms with E-state index in [1.54, 1.807) is 12.1 Å². The number of nitrogens with zero attached hydrogens (tertiary/aromatic N) is 1. The zero-order valence-corrected chi connectivity index (χ0v) is 12.2. The van der Waals surface area contributed by atoms with Gasteiger partial charge in [-0.2, -0.15) is 0 Å². The molecule has 0 aliphatic rings. The third kappa shape index (κ3) is 2.95. The molecule has 0 saturated heterocycles. The van der Waals surface area contributed by atoms with Crippen molar-refractivity contribution in [2.45, 2.75) is 9.92 Å². The summed E-state index contributed by atoms with van der Waals surface area (Å²) in [5.41, 5.74) is 0.270. The summed E-state index contributed by atoms with van der Waals surface area (Å²) in [6.45, 7) is 0. The first-order chi connectivity index (χ1) is 9.54. The Hall–Kier alpha value is -1.56. The van der Waals surface area contributed by atoms with Gasteiger partial charge in [-0.3, -0.25) is 4.79 Å². The number of pyridine rings is 1. The second-order valence-corrected chi connectivity index (χ2v) is 5.47. The number of hydrogen-bond donors (Lipinski definition) is 1. The van der Waals surface area contributed by atoms with E-state index in [-0.39, 0.29) is 26.2 Å². The lowest BCUT2D eigenvalue weighted by molar-refractivity contribution is 0.0692. The summed E-state index contributed by atoms with van der Waals surface area (Å²) in [7, 11) is 0. The number of carbonyl (C=O) groups excluding carboxylic acids is 1. The molecular formula is C13H7Cl2NO3S. The summed E-state index contributed by atoms with van der Waals surface area (Å²) in [5.74, 6) is -1.09. The predicted molar refractivity (Wildman–Crippen MR) is 77.2 cm³/mol. The highest BCUT2D eigenvalue weighted by Crippen LogP contribution is 2.36. The minimum Gasteiger partial charge on any atom is -0.478 e. The lowest BCUT2D eigenvalue weighted by Gasteiger charge is -2.08. The van der Waals surface area contributed by atoms with Gasteiger partial charge in [-0.05, 0) is 24.3 Å². The molecule has 7 heteroatoms. The van der Waals surface area contributed by atoms with Crippen LogP contribution in [0.5, 0.6) is 0 Å². The van der Waals surface area contributed by atoms with Crippen LogP contribution in [0.25, 0.3) is 0 Å². The van der Waals surface area contributed by atoms with Crippen LogP contribution >= 0.6 is 35.0 Å². The number of hydrogen-bond acceptors (Lipinski definition) is 4. The number of carbonyl (C=O) groups is 2. The van der Waals surface area contributed by atoms with E-state index in [2.05, 4.69) is 4.98 Å². The van der Waals surface area contributed by atoms with Crippen LogP contribution in [0.3, 0.4) is 0 Å². The fraction of sp³-hybridized carbons (Fsp3) is 0. The molecular weight excluding hydrogens is 321 g/mol. The molecule has 0 aliphatic carbocycles. The number of aromatic nitrogens is 1. The first-order valence-electron chi connectivity index (χ1n) is 5.34. The zero-order valence-electron chi connectivity index (χ0n) is 9.84. The van der Waals surface area contributed by atoms with Gasteiger partial charge in [-0.1, -0.05) is 35.0 Å². The van der Waals surface area contributed by atoms with E-state index in [0.29, 0.717) is 11.2 Å². The van der Waals surface area contributed by atoms with Crippen LogP contribution in [0.4, 0.5) is 0 Å². The summed E-state index contributed by atoms with van der Waals surface area (Å²) >= 11 is 12.8. The van der Waals surface area contributed by atoms with Crippen LogP contribution in [-0.4, -0.2) is 22.3 Å². The fourth-order valence-electron chi connectivity index (χ4n) is 1.49. The van der Waals surface area contributed by atoms with Crippen LogP contribution in [0.2, 0.25) is 10.0 Å². The van der Waals surface area contributed by atoms with Gasteiger partial charge in [0.2, 0.25) is 0 Å². The van der Waals surface area contributed by atoms with E-state index in [0.717, 1.165) is 11.8 Å². The fourth-order valence-corrected chi connectivity index (χ4v) is 2.90. The molecule has 0 aliphatic heterocycles. The third-order valence-corrected chi connectivity index (χ3v) is 4.33. The minimum absolute atomic E-state index is 0.0559. The quantitative estimate of drug-likeness (QED) is 0.858. The average molecular weight is 328 g/mol. The van der Waals surface area contributed by atoms with Crippen LogP contribution in [0.1, 0.15) is 20.7 Å². The largest absolute Gasteiger partial charge is 0.478 e. The van der Waals surface area contributed by atoms with Gasteiger partial charge in [0, 0.05) is 16.7 Å². The van der Waals surface area contributed by atoms with Crippen molar-refractivity contribution in [2.75, 3.05) is 0 Å². The highest BCUT2D eigenvalue weighted by Gasteiger charge is 2.16. The van der Waals surface area contributed by atoms with E-state index >= 15 is 0 Å². The molecule has 0 amide bonds. The molecule has 0 unspecified atom stereocenters. The van der Waals surface area contributed by atoms with Crippen molar-refractivity contribution in [3.63, 3.8) is 0 Å². The summed E-state index contributed by atoms with van der Waals surface area (Å²) in [4.78, 5) is 26.7. The monoisotopic (exact) mass is 327 g/mol. The molecule has 102 valence electrons. The lowest BCUT2D eigenvalue weighted by atomic mass is 10.2. The molecule has 4 nitrogen and oxygen atoms in total. The van der Waals surface area contributed by atoms with Crippen LogP contribution in [0.15, 0.2) is 40.4 Å². The van der Waals surface area contributed by atoms with Crippen molar-refractivity contribution in [1.82, 2.24) is 4.98 Å². The molecule has 1 N–H and O–H groups in total. The Balaban J connectivity index is 2.48. The Morgan fingerprint density at radius 2 is 2.05 bits per heavy atom. The van der Waals surface area contributed by atoms with Gasteiger partial charge in [0.1, 0.15) is 5.03 Å². The van der Waals surface area contributed by atoms with Crippen molar-refractivity contribution >= 4 is 47.2 Å². The summed E-state index contributed by atoms with van der Waals surface area (Å²) in [6, 6.07) is 6.12. The number of benzene rings is 1. The molecule has 0 atom stereocenters. The molecule has 1 aromatic heterocycles. The zero-order chi connectivity index (χ0) is 14.7. The standard InChI is InChI=1S/C13H7Cl2NO3S/c14-9-3-4-10(8(6-17)11(9)15)20-12-7(13(18)19)2-1-5-16-12/h1-6H,(H,18,19). The Morgan fingerprint density at radius 3 is 2.70 bits per heavy atom. The van der Waals surface area contributed by atoms with Gasteiger partial charge in [0.15, 0.2) is 6.29 Å². The number of rotatable bonds is 4. The first kappa shape index (κ1) is 14.8. The molecule has 2 rings (SSSR count). The maximum atomic E-state index is 11.1. The van der Waals surface area contributed by atoms with Crippen LogP contribution in [0, 0.1) is 0 Å². The second-order valence-electron chi connectivity index (χ2n) is 3.65. The topological polar surface area (TPSA) is 67.3 Å². The number of aldehydes is 1. The maximum Gasteiger partial charge on any atom is 0.338 e. The molecule has 0 fully saturated rings. The van der Waals surface area contributed by atoms with Crippen molar-refractivity contribution in [1.29, 1.82) is 0 Å². The molecule has 2 aromatic rings. The molecule has 1 heterocycles. The number of carboxylic acids is 1. The van der Waals surface area contributed by atoms with Gasteiger partial charge in [0.05, 0.1) is 15.6 Å². The van der Waals surface area contributed by atoms with Gasteiger partial charge in [0.25, 0.3) is 0 Å². The molecule has 0 radical (unpaired) electrons. The van der Waals surface area contributed by atoms with E-state index < -0.39 is 5.97 Å². The van der Waals surface area contributed by atoms with Crippen molar-refractivity contribution in [3.8, 4) is 0 Å². The second kappa shape index (κ2) is 6.26. The Labute approximate surface area is 128 Å². The van der Waals surface area contributed by atoms with Gasteiger partial charge in [-0.15, -0.1) is 0 Å². The van der Waals surface area contributed by atoms with Crippen LogP contribution in [-0.2, 0) is 0 Å². The average Bonchev–Trinajstić information content (AvgIpc) is 2.43. The Bertz CT molecular complexity index is 691. The third-order valence-electron chi connectivity index (χ3n) is 2.42. The van der Waals surface area contributed by atoms with Gasteiger partial charge >= 0.3 is 5.97 Å². The van der Waals surface area contributed by atoms with Crippen molar-refractivity contribution in [2.24, 2.45) is 0 Å². The number of halogens is 2. The molecule has 1 aromatic carbocycles. The van der Waals surface area contributed by atoms with E-state index in [1.165, 1.54) is 18.3 Å². The summed E-state index contributed by atoms with van der Waals surface area (Å²) in [5, 5.41) is 9.78. The number of carboxylic acid groups (broad SMARTS) is 1. The van der Waals surface area contributed by atoms with Crippen LogP contribution < -0.4 is 0 Å². The van der Waals surface area contributed by atoms with E-state index in [4.69, 9.17) is 28.3 Å². The first-order valence-corrected chi connectivity index (χ1v) is 6.91. The Morgan fingerprint density at radius 1 is 1.30 bits per heavy atom. The lowest BCUT2D eigenvalue weighted by Crippen LogP contribution is -2.00. The summed E-state index contributed by atoms with van der Waals surface area (Å²) in [6.07, 6.45) is 2.06. The van der Waals surface area contributed by atoms with E-state index in [9.17, 15) is 9.59 Å². The van der Waals surface area contributed by atoms with Gasteiger partial charge < -0.3 is 5.11 Å². The Kier molecular flexibility index (Phi) is 4.65. The molecule has 0 spiro atoms. The molecule has 0 saturated carbocycles. The predicted octanol–water partition coefficient (Wildman–Crippen LogP) is 4.05. The summed E-state index contributed by atoms with van der Waals surface area (Å²) < 4.78 is 0. The highest BCUT2D eigenvalue weighted by atomic mass is 35.5. The maximum absolute atomic E-state index is 11.1. The normalized spacial score (nSPS) is 10.3. The smallest absolute Gasteiger partial charge is 0.338 e. The molecule has 20 heavy (non-hydrogen) atoms. The SMILES string of the molecule is O=Cc1c(Sc2ncccc2C(=O)O)ccc(Cl)c1Cl. The van der Waals surface area contributed by atoms with Crippen molar-refractivity contribution < 1.29 is 14.7 Å². The van der Waals surface area contributed by atoms with Crippen molar-refractivity contribution in [3.05, 3.63) is 51.6 Å². The van der Waals surface area contributed by atoms with Gasteiger partial charge in [-0.25, -0.2) is 9.78 Å². The highest BCUT2D eigenvalue weighted by molar-refractivity contribution is 7.99. The molecule has 0 bridgehead atoms.